The first-order valence-corrected chi connectivity index (χ1v) is 7.52. The third-order valence-electron chi connectivity index (χ3n) is 3.73. The van der Waals surface area contributed by atoms with Crippen molar-refractivity contribution in [2.24, 2.45) is 0 Å². The molecule has 8 nitrogen and oxygen atoms in total. The van der Waals surface area contributed by atoms with Crippen LogP contribution in [0.1, 0.15) is 5.56 Å². The molecule has 1 N–H and O–H groups in total. The van der Waals surface area contributed by atoms with Crippen LogP contribution < -0.4 is 15.0 Å². The molecule has 0 aromatic heterocycles. The van der Waals surface area contributed by atoms with E-state index < -0.39 is 16.7 Å². The molecule has 0 saturated carbocycles. The molecule has 25 heavy (non-hydrogen) atoms. The fourth-order valence-corrected chi connectivity index (χ4v) is 2.46. The first kappa shape index (κ1) is 16.4. The lowest BCUT2D eigenvalue weighted by Crippen LogP contribution is -2.43. The Balaban J connectivity index is 1.81. The topological polar surface area (TPSA) is 102 Å². The molecule has 0 saturated heterocycles. The van der Waals surface area contributed by atoms with E-state index in [9.17, 15) is 19.7 Å². The van der Waals surface area contributed by atoms with Gasteiger partial charge in [0.15, 0.2) is 6.61 Å². The van der Waals surface area contributed by atoms with Crippen molar-refractivity contribution in [3.05, 3.63) is 58.1 Å². The second-order valence-electron chi connectivity index (χ2n) is 5.59. The van der Waals surface area contributed by atoms with Gasteiger partial charge in [0, 0.05) is 17.8 Å². The Morgan fingerprint density at radius 1 is 1.28 bits per heavy atom. The molecule has 1 aliphatic heterocycles. The minimum atomic E-state index is -0.566. The standard InChI is InChI=1S/C17H15N3O5/c1-11-2-4-12(5-3-11)18-16(21)9-19-14-8-13(20(23)24)6-7-15(14)25-10-17(19)22/h2-8H,9-10H2,1H3,(H,18,21). The molecule has 0 radical (unpaired) electrons. The highest BCUT2D eigenvalue weighted by Crippen LogP contribution is 2.35. The number of nitrogens with zero attached hydrogens (tertiary/aromatic N) is 2. The maximum Gasteiger partial charge on any atom is 0.271 e. The maximum absolute atomic E-state index is 12.3. The van der Waals surface area contributed by atoms with Crippen LogP contribution in [0.15, 0.2) is 42.5 Å². The fraction of sp³-hybridized carbons (Fsp3) is 0.176. The number of nitro groups is 1. The molecule has 128 valence electrons. The molecule has 8 heteroatoms. The van der Waals surface area contributed by atoms with E-state index in [4.69, 9.17) is 4.74 Å². The number of ether oxygens (including phenoxy) is 1. The minimum absolute atomic E-state index is 0.180. The Bertz CT molecular complexity index is 848. The smallest absolute Gasteiger partial charge is 0.271 e. The van der Waals surface area contributed by atoms with Gasteiger partial charge in [-0.3, -0.25) is 24.6 Å². The Kier molecular flexibility index (Phi) is 4.34. The van der Waals surface area contributed by atoms with Crippen molar-refractivity contribution in [3.8, 4) is 5.75 Å². The Morgan fingerprint density at radius 3 is 2.68 bits per heavy atom. The number of fused-ring (bicyclic) bond motifs is 1. The molecule has 2 aromatic carbocycles. The number of hydrogen-bond donors (Lipinski definition) is 1. The maximum atomic E-state index is 12.3. The second kappa shape index (κ2) is 6.60. The van der Waals surface area contributed by atoms with Crippen LogP contribution in [0, 0.1) is 17.0 Å². The first-order valence-electron chi connectivity index (χ1n) is 7.52. The normalized spacial score (nSPS) is 13.0. The lowest BCUT2D eigenvalue weighted by atomic mass is 10.2. The van der Waals surface area contributed by atoms with Crippen LogP contribution in [-0.4, -0.2) is 29.9 Å². The molecule has 1 aliphatic rings. The monoisotopic (exact) mass is 341 g/mol. The van der Waals surface area contributed by atoms with Crippen molar-refractivity contribution in [2.45, 2.75) is 6.92 Å². The van der Waals surface area contributed by atoms with Gasteiger partial charge in [0.25, 0.3) is 11.6 Å². The van der Waals surface area contributed by atoms with E-state index in [-0.39, 0.29) is 24.5 Å². The SMILES string of the molecule is Cc1ccc(NC(=O)CN2C(=O)COc3ccc([N+](=O)[O-])cc32)cc1. The summed E-state index contributed by atoms with van der Waals surface area (Å²) in [7, 11) is 0. The van der Waals surface area contributed by atoms with Gasteiger partial charge in [-0.1, -0.05) is 17.7 Å². The lowest BCUT2D eigenvalue weighted by Gasteiger charge is -2.28. The number of carbonyl (C=O) groups is 2. The van der Waals surface area contributed by atoms with Crippen molar-refractivity contribution >= 4 is 28.9 Å². The molecule has 3 rings (SSSR count). The number of amides is 2. The predicted molar refractivity (Wildman–Crippen MR) is 90.8 cm³/mol. The summed E-state index contributed by atoms with van der Waals surface area (Å²) in [6.45, 7) is 1.45. The molecule has 0 bridgehead atoms. The largest absolute Gasteiger partial charge is 0.482 e. The van der Waals surface area contributed by atoms with Gasteiger partial charge < -0.3 is 10.1 Å². The number of non-ortho nitro benzene ring substituents is 1. The van der Waals surface area contributed by atoms with E-state index in [2.05, 4.69) is 5.32 Å². The lowest BCUT2D eigenvalue weighted by molar-refractivity contribution is -0.384. The van der Waals surface area contributed by atoms with E-state index in [0.29, 0.717) is 11.4 Å². The van der Waals surface area contributed by atoms with Gasteiger partial charge in [-0.2, -0.15) is 0 Å². The molecular formula is C17H15N3O5. The van der Waals surface area contributed by atoms with Crippen molar-refractivity contribution in [1.82, 2.24) is 0 Å². The Hall–Kier alpha value is -3.42. The summed E-state index contributed by atoms with van der Waals surface area (Å²) in [5, 5.41) is 13.6. The highest BCUT2D eigenvalue weighted by molar-refractivity contribution is 6.05. The molecule has 0 spiro atoms. The van der Waals surface area contributed by atoms with Gasteiger partial charge in [0.05, 0.1) is 10.6 Å². The van der Waals surface area contributed by atoms with Crippen molar-refractivity contribution < 1.29 is 19.2 Å². The minimum Gasteiger partial charge on any atom is -0.482 e. The number of rotatable bonds is 4. The van der Waals surface area contributed by atoms with Crippen LogP contribution in [0.4, 0.5) is 17.1 Å². The Morgan fingerprint density at radius 2 is 2.00 bits per heavy atom. The van der Waals surface area contributed by atoms with Gasteiger partial charge in [-0.25, -0.2) is 0 Å². The average molecular weight is 341 g/mol. The van der Waals surface area contributed by atoms with Crippen molar-refractivity contribution in [3.63, 3.8) is 0 Å². The molecule has 0 atom stereocenters. The number of benzene rings is 2. The van der Waals surface area contributed by atoms with Crippen LogP contribution in [0.5, 0.6) is 5.75 Å². The zero-order valence-corrected chi connectivity index (χ0v) is 13.4. The number of carbonyl (C=O) groups excluding carboxylic acids is 2. The molecule has 1 heterocycles. The van der Waals surface area contributed by atoms with E-state index in [1.807, 2.05) is 19.1 Å². The van der Waals surface area contributed by atoms with Crippen molar-refractivity contribution in [2.75, 3.05) is 23.4 Å². The summed E-state index contributed by atoms with van der Waals surface area (Å²) in [4.78, 5) is 36.0. The van der Waals surface area contributed by atoms with Crippen LogP contribution >= 0.6 is 0 Å². The van der Waals surface area contributed by atoms with Crippen LogP contribution in [-0.2, 0) is 9.59 Å². The molecule has 2 aromatic rings. The summed E-state index contributed by atoms with van der Waals surface area (Å²) in [6, 6.07) is 11.2. The van der Waals surface area contributed by atoms with Gasteiger partial charge >= 0.3 is 0 Å². The van der Waals surface area contributed by atoms with E-state index in [1.54, 1.807) is 12.1 Å². The molecule has 0 unspecified atom stereocenters. The number of anilines is 2. The summed E-state index contributed by atoms with van der Waals surface area (Å²) in [5.41, 5.74) is 1.70. The van der Waals surface area contributed by atoms with Gasteiger partial charge in [-0.15, -0.1) is 0 Å². The second-order valence-corrected chi connectivity index (χ2v) is 5.59. The average Bonchev–Trinajstić information content (AvgIpc) is 2.59. The van der Waals surface area contributed by atoms with Crippen LogP contribution in [0.2, 0.25) is 0 Å². The van der Waals surface area contributed by atoms with Gasteiger partial charge in [0.2, 0.25) is 5.91 Å². The zero-order chi connectivity index (χ0) is 18.0. The first-order chi connectivity index (χ1) is 11.9. The third kappa shape index (κ3) is 3.57. The third-order valence-corrected chi connectivity index (χ3v) is 3.73. The predicted octanol–water partition coefficient (Wildman–Crippen LogP) is 2.27. The Labute approximate surface area is 143 Å². The quantitative estimate of drug-likeness (QED) is 0.679. The van der Waals surface area contributed by atoms with Gasteiger partial charge in [0.1, 0.15) is 12.3 Å². The van der Waals surface area contributed by atoms with Crippen molar-refractivity contribution in [1.29, 1.82) is 0 Å². The fourth-order valence-electron chi connectivity index (χ4n) is 2.46. The summed E-state index contributed by atoms with van der Waals surface area (Å²) in [6.07, 6.45) is 0. The zero-order valence-electron chi connectivity index (χ0n) is 13.4. The number of aryl methyl sites for hydroxylation is 1. The van der Waals surface area contributed by atoms with E-state index in [1.165, 1.54) is 23.1 Å². The summed E-state index contributed by atoms with van der Waals surface area (Å²) >= 11 is 0. The van der Waals surface area contributed by atoms with E-state index in [0.717, 1.165) is 5.56 Å². The van der Waals surface area contributed by atoms with Gasteiger partial charge in [-0.05, 0) is 25.1 Å². The summed E-state index contributed by atoms with van der Waals surface area (Å²) in [5.74, 6) is -0.517. The number of hydrogen-bond acceptors (Lipinski definition) is 5. The molecule has 2 amide bonds. The number of nitrogens with one attached hydrogen (secondary N) is 1. The number of nitro benzene ring substituents is 1. The molecule has 0 aliphatic carbocycles. The van der Waals surface area contributed by atoms with Crippen LogP contribution in [0.25, 0.3) is 0 Å². The highest BCUT2D eigenvalue weighted by atomic mass is 16.6. The highest BCUT2D eigenvalue weighted by Gasteiger charge is 2.29. The van der Waals surface area contributed by atoms with E-state index >= 15 is 0 Å². The summed E-state index contributed by atoms with van der Waals surface area (Å²) < 4.78 is 5.27. The van der Waals surface area contributed by atoms with Crippen LogP contribution in [0.3, 0.4) is 0 Å². The molecule has 0 fully saturated rings. The molecular weight excluding hydrogens is 326 g/mol.